The number of nitrogens with one attached hydrogen (secondary N) is 2. The van der Waals surface area contributed by atoms with Crippen molar-refractivity contribution in [3.63, 3.8) is 0 Å². The Bertz CT molecular complexity index is 920. The first-order chi connectivity index (χ1) is 14.2. The van der Waals surface area contributed by atoms with Crippen LogP contribution in [0, 0.1) is 5.82 Å². The highest BCUT2D eigenvalue weighted by molar-refractivity contribution is 14.0. The normalized spacial score (nSPS) is 10.8. The van der Waals surface area contributed by atoms with Gasteiger partial charge in [0.15, 0.2) is 5.96 Å². The molecule has 0 saturated heterocycles. The van der Waals surface area contributed by atoms with Gasteiger partial charge in [-0.1, -0.05) is 30.3 Å². The number of hydrogen-bond acceptors (Lipinski definition) is 3. The van der Waals surface area contributed by atoms with E-state index in [0.717, 1.165) is 29.0 Å². The molecule has 0 amide bonds. The summed E-state index contributed by atoms with van der Waals surface area (Å²) in [5.74, 6) is 1.30. The molecule has 0 atom stereocenters. The third-order valence-electron chi connectivity index (χ3n) is 4.31. The van der Waals surface area contributed by atoms with Crippen LogP contribution in [-0.4, -0.2) is 24.5 Å². The van der Waals surface area contributed by atoms with Crippen molar-refractivity contribution in [1.29, 1.82) is 0 Å². The molecule has 5 nitrogen and oxygen atoms in total. The van der Waals surface area contributed by atoms with E-state index in [1.807, 2.05) is 42.5 Å². The molecule has 158 valence electrons. The van der Waals surface area contributed by atoms with Crippen LogP contribution in [0.2, 0.25) is 0 Å². The van der Waals surface area contributed by atoms with Gasteiger partial charge in [-0.15, -0.1) is 24.0 Å². The number of aliphatic imine (C=N–C) groups is 1. The summed E-state index contributed by atoms with van der Waals surface area (Å²) in [6, 6.07) is 20.2. The van der Waals surface area contributed by atoms with Gasteiger partial charge in [-0.2, -0.15) is 0 Å². The fourth-order valence-corrected chi connectivity index (χ4v) is 2.77. The quantitative estimate of drug-likeness (QED) is 0.264. The summed E-state index contributed by atoms with van der Waals surface area (Å²) in [6.07, 6.45) is 2.55. The Kier molecular flexibility index (Phi) is 10.1. The summed E-state index contributed by atoms with van der Waals surface area (Å²) < 4.78 is 18.8. The molecule has 1 heterocycles. The van der Waals surface area contributed by atoms with Crippen molar-refractivity contribution in [2.75, 3.05) is 13.6 Å². The van der Waals surface area contributed by atoms with E-state index < -0.39 is 0 Å². The van der Waals surface area contributed by atoms with Crippen molar-refractivity contribution in [1.82, 2.24) is 15.6 Å². The van der Waals surface area contributed by atoms with Crippen molar-refractivity contribution in [3.05, 3.63) is 95.6 Å². The number of hydrogen-bond donors (Lipinski definition) is 2. The van der Waals surface area contributed by atoms with Crippen molar-refractivity contribution >= 4 is 29.9 Å². The minimum atomic E-state index is -0.217. The molecule has 0 saturated carbocycles. The summed E-state index contributed by atoms with van der Waals surface area (Å²) in [4.78, 5) is 8.50. The topological polar surface area (TPSA) is 58.5 Å². The van der Waals surface area contributed by atoms with Crippen molar-refractivity contribution in [3.8, 4) is 5.75 Å². The largest absolute Gasteiger partial charge is 0.487 e. The number of aromatic nitrogens is 1. The van der Waals surface area contributed by atoms with Crippen LogP contribution in [0.3, 0.4) is 0 Å². The Hall–Kier alpha value is -2.68. The monoisotopic (exact) mass is 520 g/mol. The molecule has 0 aliphatic carbocycles. The van der Waals surface area contributed by atoms with E-state index in [0.29, 0.717) is 25.7 Å². The lowest BCUT2D eigenvalue weighted by Gasteiger charge is -2.13. The zero-order chi connectivity index (χ0) is 20.3. The van der Waals surface area contributed by atoms with Gasteiger partial charge in [-0.25, -0.2) is 4.39 Å². The average molecular weight is 520 g/mol. The Morgan fingerprint density at radius 2 is 1.83 bits per heavy atom. The average Bonchev–Trinajstić information content (AvgIpc) is 2.77. The molecule has 2 aromatic carbocycles. The van der Waals surface area contributed by atoms with Gasteiger partial charge >= 0.3 is 0 Å². The summed E-state index contributed by atoms with van der Waals surface area (Å²) in [7, 11) is 1.74. The van der Waals surface area contributed by atoms with Gasteiger partial charge in [0.05, 0.1) is 5.69 Å². The highest BCUT2D eigenvalue weighted by atomic mass is 127. The first-order valence-electron chi connectivity index (χ1n) is 9.53. The van der Waals surface area contributed by atoms with Crippen LogP contribution < -0.4 is 15.4 Å². The van der Waals surface area contributed by atoms with Crippen LogP contribution in [0.25, 0.3) is 0 Å². The van der Waals surface area contributed by atoms with Gasteiger partial charge in [0.25, 0.3) is 0 Å². The predicted octanol–water partition coefficient (Wildman–Crippen LogP) is 4.33. The zero-order valence-corrected chi connectivity index (χ0v) is 19.2. The lowest BCUT2D eigenvalue weighted by atomic mass is 10.1. The standard InChI is InChI=1S/C23H25FN4O.HI/c1-25-23(27-14-12-18-8-10-20(24)11-9-18)28-16-19-5-4-7-22(15-19)29-17-21-6-2-3-13-26-21;/h2-11,13,15H,12,14,16-17H2,1H3,(H2,25,27,28);1H. The number of ether oxygens (including phenoxy) is 1. The fourth-order valence-electron chi connectivity index (χ4n) is 2.77. The maximum atomic E-state index is 13.0. The fraction of sp³-hybridized carbons (Fsp3) is 0.217. The van der Waals surface area contributed by atoms with E-state index in [1.165, 1.54) is 12.1 Å². The molecule has 3 rings (SSSR count). The number of halogens is 2. The first kappa shape index (κ1) is 23.6. The molecule has 0 aliphatic rings. The number of pyridine rings is 1. The SMILES string of the molecule is CN=C(NCCc1ccc(F)cc1)NCc1cccc(OCc2ccccn2)c1.I. The summed E-state index contributed by atoms with van der Waals surface area (Å²) >= 11 is 0. The van der Waals surface area contributed by atoms with E-state index in [-0.39, 0.29) is 29.8 Å². The molecule has 0 bridgehead atoms. The molecular formula is C23H26FIN4O. The van der Waals surface area contributed by atoms with Gasteiger partial charge in [0.2, 0.25) is 0 Å². The van der Waals surface area contributed by atoms with Gasteiger partial charge in [0.1, 0.15) is 18.2 Å². The van der Waals surface area contributed by atoms with Gasteiger partial charge in [0, 0.05) is 26.3 Å². The molecule has 0 spiro atoms. The Morgan fingerprint density at radius 1 is 1.00 bits per heavy atom. The molecule has 3 aromatic rings. The Morgan fingerprint density at radius 3 is 2.57 bits per heavy atom. The van der Waals surface area contributed by atoms with Crippen molar-refractivity contribution in [2.45, 2.75) is 19.6 Å². The highest BCUT2D eigenvalue weighted by Gasteiger charge is 2.02. The molecule has 7 heteroatoms. The van der Waals surface area contributed by atoms with Crippen LogP contribution in [-0.2, 0) is 19.6 Å². The number of benzene rings is 2. The van der Waals surface area contributed by atoms with Gasteiger partial charge < -0.3 is 15.4 Å². The molecule has 0 radical (unpaired) electrons. The van der Waals surface area contributed by atoms with Crippen molar-refractivity contribution < 1.29 is 9.13 Å². The summed E-state index contributed by atoms with van der Waals surface area (Å²) in [5.41, 5.74) is 3.05. The third-order valence-corrected chi connectivity index (χ3v) is 4.31. The third kappa shape index (κ3) is 7.98. The van der Waals surface area contributed by atoms with Crippen molar-refractivity contribution in [2.24, 2.45) is 4.99 Å². The molecular weight excluding hydrogens is 494 g/mol. The van der Waals surface area contributed by atoms with E-state index in [4.69, 9.17) is 4.74 Å². The van der Waals surface area contributed by atoms with Crippen LogP contribution in [0.4, 0.5) is 4.39 Å². The van der Waals surface area contributed by atoms with Crippen LogP contribution in [0.1, 0.15) is 16.8 Å². The number of guanidine groups is 1. The lowest BCUT2D eigenvalue weighted by molar-refractivity contribution is 0.301. The van der Waals surface area contributed by atoms with Crippen LogP contribution in [0.15, 0.2) is 77.9 Å². The molecule has 2 N–H and O–H groups in total. The minimum absolute atomic E-state index is 0. The van der Waals surface area contributed by atoms with E-state index >= 15 is 0 Å². The van der Waals surface area contributed by atoms with Gasteiger partial charge in [-0.05, 0) is 53.9 Å². The second-order valence-corrected chi connectivity index (χ2v) is 6.49. The lowest BCUT2D eigenvalue weighted by Crippen LogP contribution is -2.37. The summed E-state index contributed by atoms with van der Waals surface area (Å²) in [5, 5.41) is 6.56. The summed E-state index contributed by atoms with van der Waals surface area (Å²) in [6.45, 7) is 1.76. The predicted molar refractivity (Wildman–Crippen MR) is 129 cm³/mol. The molecule has 0 aliphatic heterocycles. The van der Waals surface area contributed by atoms with Crippen LogP contribution >= 0.6 is 24.0 Å². The molecule has 30 heavy (non-hydrogen) atoms. The maximum absolute atomic E-state index is 13.0. The molecule has 1 aromatic heterocycles. The maximum Gasteiger partial charge on any atom is 0.191 e. The first-order valence-corrected chi connectivity index (χ1v) is 9.53. The van der Waals surface area contributed by atoms with E-state index in [1.54, 1.807) is 25.4 Å². The highest BCUT2D eigenvalue weighted by Crippen LogP contribution is 2.14. The zero-order valence-electron chi connectivity index (χ0n) is 16.8. The van der Waals surface area contributed by atoms with Gasteiger partial charge in [-0.3, -0.25) is 9.98 Å². The van der Waals surface area contributed by atoms with Crippen LogP contribution in [0.5, 0.6) is 5.75 Å². The second-order valence-electron chi connectivity index (χ2n) is 6.49. The second kappa shape index (κ2) is 12.8. The smallest absolute Gasteiger partial charge is 0.191 e. The number of nitrogens with zero attached hydrogens (tertiary/aromatic N) is 2. The Balaban J connectivity index is 0.00000320. The molecule has 0 fully saturated rings. The van der Waals surface area contributed by atoms with E-state index in [9.17, 15) is 4.39 Å². The van der Waals surface area contributed by atoms with E-state index in [2.05, 4.69) is 20.6 Å². The Labute approximate surface area is 193 Å². The number of rotatable bonds is 8. The minimum Gasteiger partial charge on any atom is -0.487 e. The molecule has 0 unspecified atom stereocenters.